The molecule has 0 radical (unpaired) electrons. The number of carbonyl (C=O) groups excluding carboxylic acids is 2. The predicted molar refractivity (Wildman–Crippen MR) is 70.7 cm³/mol. The second kappa shape index (κ2) is 4.53. The third-order valence-corrected chi connectivity index (χ3v) is 5.52. The maximum Gasteiger partial charge on any atom is 0.322 e. The fraction of sp³-hybridized carbons (Fsp3) is 0.545. The van der Waals surface area contributed by atoms with Crippen molar-refractivity contribution in [2.75, 3.05) is 13.1 Å². The first-order valence-electron chi connectivity index (χ1n) is 6.49. The lowest BCUT2D eigenvalue weighted by molar-refractivity contribution is -0.125. The quantitative estimate of drug-likeness (QED) is 0.609. The van der Waals surface area contributed by atoms with Gasteiger partial charge in [0, 0.05) is 13.1 Å². The minimum atomic E-state index is -3.76. The van der Waals surface area contributed by atoms with E-state index in [4.69, 9.17) is 0 Å². The molecule has 1 aromatic rings. The van der Waals surface area contributed by atoms with Crippen LogP contribution >= 0.6 is 0 Å². The van der Waals surface area contributed by atoms with E-state index in [-0.39, 0.29) is 11.6 Å². The molecule has 10 heteroatoms. The molecule has 0 aliphatic carbocycles. The van der Waals surface area contributed by atoms with Crippen LogP contribution in [-0.2, 0) is 14.8 Å². The number of imide groups is 1. The largest absolute Gasteiger partial charge is 0.332 e. The van der Waals surface area contributed by atoms with E-state index in [1.807, 2.05) is 0 Å². The van der Waals surface area contributed by atoms with E-state index in [1.54, 1.807) is 6.92 Å². The van der Waals surface area contributed by atoms with Crippen molar-refractivity contribution >= 4 is 22.0 Å². The van der Waals surface area contributed by atoms with Crippen molar-refractivity contribution in [2.45, 2.75) is 30.3 Å². The van der Waals surface area contributed by atoms with E-state index in [2.05, 4.69) is 20.6 Å². The van der Waals surface area contributed by atoms with Crippen LogP contribution in [0.15, 0.2) is 11.2 Å². The number of aromatic nitrogens is 2. The topological polar surface area (TPSA) is 124 Å². The highest BCUT2D eigenvalue weighted by atomic mass is 32.2. The van der Waals surface area contributed by atoms with E-state index >= 15 is 0 Å². The second-order valence-corrected chi connectivity index (χ2v) is 7.17. The fourth-order valence-electron chi connectivity index (χ4n) is 2.71. The molecule has 0 bridgehead atoms. The van der Waals surface area contributed by atoms with Crippen LogP contribution in [0.3, 0.4) is 0 Å². The summed E-state index contributed by atoms with van der Waals surface area (Å²) < 4.78 is 26.3. The molecular weight excluding hydrogens is 298 g/mol. The molecule has 3 rings (SSSR count). The van der Waals surface area contributed by atoms with Gasteiger partial charge in [0.25, 0.3) is 15.9 Å². The van der Waals surface area contributed by atoms with E-state index < -0.39 is 27.5 Å². The highest BCUT2D eigenvalue weighted by molar-refractivity contribution is 7.89. The zero-order chi connectivity index (χ0) is 15.3. The number of H-pyrrole nitrogens is 1. The van der Waals surface area contributed by atoms with Crippen LogP contribution in [0, 0.1) is 6.92 Å². The van der Waals surface area contributed by atoms with Crippen LogP contribution in [0.25, 0.3) is 0 Å². The SMILES string of the molecule is Cc1ncc(S(=O)(=O)N2CCCC3(C2)NC(=O)NC3=O)[nH]1. The van der Waals surface area contributed by atoms with Crippen molar-refractivity contribution in [3.8, 4) is 0 Å². The van der Waals surface area contributed by atoms with Crippen molar-refractivity contribution in [1.29, 1.82) is 0 Å². The van der Waals surface area contributed by atoms with Gasteiger partial charge in [-0.3, -0.25) is 10.1 Å². The van der Waals surface area contributed by atoms with Crippen LogP contribution in [0.1, 0.15) is 18.7 Å². The lowest BCUT2D eigenvalue weighted by Crippen LogP contribution is -2.59. The van der Waals surface area contributed by atoms with Gasteiger partial charge in [0.2, 0.25) is 0 Å². The Morgan fingerprint density at radius 2 is 2.14 bits per heavy atom. The average Bonchev–Trinajstić information content (AvgIpc) is 2.95. The molecule has 21 heavy (non-hydrogen) atoms. The summed E-state index contributed by atoms with van der Waals surface area (Å²) in [5.74, 6) is 0.0143. The molecule has 0 aromatic carbocycles. The van der Waals surface area contributed by atoms with Crippen LogP contribution in [0.2, 0.25) is 0 Å². The van der Waals surface area contributed by atoms with Crippen LogP contribution < -0.4 is 10.6 Å². The normalized spacial score (nSPS) is 26.9. The zero-order valence-electron chi connectivity index (χ0n) is 11.3. The summed E-state index contributed by atoms with van der Waals surface area (Å²) in [6, 6.07) is -0.586. The molecule has 3 N–H and O–H groups in total. The summed E-state index contributed by atoms with van der Waals surface area (Å²) in [6.45, 7) is 1.87. The van der Waals surface area contributed by atoms with E-state index in [9.17, 15) is 18.0 Å². The van der Waals surface area contributed by atoms with Gasteiger partial charge in [-0.2, -0.15) is 4.31 Å². The predicted octanol–water partition coefficient (Wildman–Crippen LogP) is -0.919. The minimum absolute atomic E-state index is 0.0122. The number of hydrogen-bond acceptors (Lipinski definition) is 5. The Bertz CT molecular complexity index is 712. The maximum atomic E-state index is 12.5. The van der Waals surface area contributed by atoms with E-state index in [1.165, 1.54) is 10.5 Å². The van der Waals surface area contributed by atoms with Gasteiger partial charge in [0.05, 0.1) is 6.20 Å². The molecule has 3 amide bonds. The van der Waals surface area contributed by atoms with Crippen molar-refractivity contribution < 1.29 is 18.0 Å². The van der Waals surface area contributed by atoms with Gasteiger partial charge in [-0.1, -0.05) is 0 Å². The second-order valence-electron chi connectivity index (χ2n) is 5.27. The Balaban J connectivity index is 1.90. The number of hydrogen-bond donors (Lipinski definition) is 3. The first kappa shape index (κ1) is 14.0. The molecule has 9 nitrogen and oxygen atoms in total. The Morgan fingerprint density at radius 1 is 1.38 bits per heavy atom. The van der Waals surface area contributed by atoms with Gasteiger partial charge in [0.15, 0.2) is 5.03 Å². The first-order valence-corrected chi connectivity index (χ1v) is 7.93. The zero-order valence-corrected chi connectivity index (χ0v) is 12.2. The Morgan fingerprint density at radius 3 is 2.71 bits per heavy atom. The molecule has 114 valence electrons. The number of rotatable bonds is 2. The van der Waals surface area contributed by atoms with Crippen molar-refractivity contribution in [1.82, 2.24) is 24.9 Å². The standard InChI is InChI=1S/C11H15N5O4S/c1-7-12-5-8(13-7)21(19,20)16-4-2-3-11(6-16)9(17)14-10(18)15-11/h5H,2-4,6H2,1H3,(H,12,13)(H2,14,15,17,18). The number of piperidine rings is 1. The van der Waals surface area contributed by atoms with Gasteiger partial charge >= 0.3 is 6.03 Å². The van der Waals surface area contributed by atoms with E-state index in [0.29, 0.717) is 25.2 Å². The molecule has 1 atom stereocenters. The number of aromatic amines is 1. The molecule has 2 aliphatic rings. The maximum absolute atomic E-state index is 12.5. The third kappa shape index (κ3) is 2.20. The van der Waals surface area contributed by atoms with Crippen LogP contribution in [0.4, 0.5) is 4.79 Å². The first-order chi connectivity index (χ1) is 9.83. The Kier molecular flexibility index (Phi) is 3.02. The number of aryl methyl sites for hydroxylation is 1. The Labute approximate surface area is 121 Å². The molecule has 2 saturated heterocycles. The molecule has 2 aliphatic heterocycles. The van der Waals surface area contributed by atoms with Gasteiger partial charge in [-0.25, -0.2) is 18.2 Å². The molecule has 2 fully saturated rings. The number of nitrogens with zero attached hydrogens (tertiary/aromatic N) is 2. The van der Waals surface area contributed by atoms with Crippen molar-refractivity contribution in [2.24, 2.45) is 0 Å². The summed E-state index contributed by atoms with van der Waals surface area (Å²) >= 11 is 0. The smallest absolute Gasteiger partial charge is 0.322 e. The number of nitrogens with one attached hydrogen (secondary N) is 3. The van der Waals surface area contributed by atoms with Crippen molar-refractivity contribution in [3.05, 3.63) is 12.0 Å². The number of sulfonamides is 1. The van der Waals surface area contributed by atoms with E-state index in [0.717, 1.165) is 0 Å². The molecule has 3 heterocycles. The highest BCUT2D eigenvalue weighted by Gasteiger charge is 2.50. The number of carbonyl (C=O) groups is 2. The highest BCUT2D eigenvalue weighted by Crippen LogP contribution is 2.28. The number of amides is 3. The summed E-state index contributed by atoms with van der Waals surface area (Å²) in [5.41, 5.74) is -1.17. The Hall–Kier alpha value is -1.94. The molecular formula is C11H15N5O4S. The monoisotopic (exact) mass is 313 g/mol. The molecule has 1 unspecified atom stereocenters. The lowest BCUT2D eigenvalue weighted by atomic mass is 9.90. The van der Waals surface area contributed by atoms with Gasteiger partial charge in [-0.15, -0.1) is 0 Å². The third-order valence-electron chi connectivity index (χ3n) is 3.77. The lowest BCUT2D eigenvalue weighted by Gasteiger charge is -2.36. The summed E-state index contributed by atoms with van der Waals surface area (Å²) in [6.07, 6.45) is 2.15. The molecule has 1 spiro atoms. The number of urea groups is 1. The van der Waals surface area contributed by atoms with Gasteiger partial charge in [-0.05, 0) is 19.8 Å². The number of imidazole rings is 1. The molecule has 0 saturated carbocycles. The van der Waals surface area contributed by atoms with Crippen LogP contribution in [0.5, 0.6) is 0 Å². The van der Waals surface area contributed by atoms with Crippen LogP contribution in [-0.4, -0.2) is 53.3 Å². The van der Waals surface area contributed by atoms with Gasteiger partial charge < -0.3 is 10.3 Å². The van der Waals surface area contributed by atoms with Crippen molar-refractivity contribution in [3.63, 3.8) is 0 Å². The fourth-order valence-corrected chi connectivity index (χ4v) is 4.21. The summed E-state index contributed by atoms with van der Waals surface area (Å²) in [5, 5.41) is 4.70. The average molecular weight is 313 g/mol. The minimum Gasteiger partial charge on any atom is -0.332 e. The summed E-state index contributed by atoms with van der Waals surface area (Å²) in [7, 11) is -3.76. The summed E-state index contributed by atoms with van der Waals surface area (Å²) in [4.78, 5) is 29.8. The molecule has 1 aromatic heterocycles. The van der Waals surface area contributed by atoms with Gasteiger partial charge in [0.1, 0.15) is 11.4 Å².